The van der Waals surface area contributed by atoms with Gasteiger partial charge in [0, 0.05) is 17.0 Å². The number of amides is 1. The van der Waals surface area contributed by atoms with Crippen molar-refractivity contribution in [2.75, 3.05) is 0 Å². The molecule has 5 nitrogen and oxygen atoms in total. The van der Waals surface area contributed by atoms with Crippen LogP contribution >= 0.6 is 35.0 Å². The highest BCUT2D eigenvalue weighted by Crippen LogP contribution is 2.28. The van der Waals surface area contributed by atoms with Crippen LogP contribution in [0.3, 0.4) is 0 Å². The highest BCUT2D eigenvalue weighted by atomic mass is 35.5. The molecule has 0 saturated heterocycles. The van der Waals surface area contributed by atoms with Gasteiger partial charge in [0.15, 0.2) is 11.0 Å². The van der Waals surface area contributed by atoms with Crippen LogP contribution in [0.2, 0.25) is 10.0 Å². The molecule has 34 heavy (non-hydrogen) atoms. The molecule has 0 fully saturated rings. The van der Waals surface area contributed by atoms with E-state index in [0.29, 0.717) is 32.3 Å². The Balaban J connectivity index is 1.61. The van der Waals surface area contributed by atoms with Crippen molar-refractivity contribution < 1.29 is 9.18 Å². The highest BCUT2D eigenvalue weighted by Gasteiger charge is 2.22. The first kappa shape index (κ1) is 24.3. The molecule has 1 aromatic heterocycles. The number of hydrogen-bond acceptors (Lipinski definition) is 4. The SMILES string of the molecule is Cc1ccc(-n2c(SCc3ccc(F)cc3)nnc2C(C)NC(=O)c2ccc(Cl)c(Cl)c2)cc1. The maximum absolute atomic E-state index is 13.2. The number of nitrogens with one attached hydrogen (secondary N) is 1. The van der Waals surface area contributed by atoms with Gasteiger partial charge in [-0.15, -0.1) is 10.2 Å². The van der Waals surface area contributed by atoms with Crippen molar-refractivity contribution in [3.63, 3.8) is 0 Å². The Morgan fingerprint density at radius 3 is 2.41 bits per heavy atom. The van der Waals surface area contributed by atoms with Gasteiger partial charge in [0.1, 0.15) is 5.82 Å². The van der Waals surface area contributed by atoms with Crippen molar-refractivity contribution in [1.82, 2.24) is 20.1 Å². The van der Waals surface area contributed by atoms with E-state index in [1.54, 1.807) is 24.3 Å². The summed E-state index contributed by atoms with van der Waals surface area (Å²) in [5, 5.41) is 13.1. The van der Waals surface area contributed by atoms with Crippen LogP contribution in [-0.2, 0) is 5.75 Å². The van der Waals surface area contributed by atoms with E-state index < -0.39 is 6.04 Å². The number of rotatable bonds is 7. The highest BCUT2D eigenvalue weighted by molar-refractivity contribution is 7.98. The number of aryl methyl sites for hydroxylation is 1. The van der Waals surface area contributed by atoms with Gasteiger partial charge in [-0.1, -0.05) is 64.8 Å². The minimum atomic E-state index is -0.448. The summed E-state index contributed by atoms with van der Waals surface area (Å²) in [6, 6.07) is 18.6. The second-order valence-corrected chi connectivity index (χ2v) is 9.51. The Hall–Kier alpha value is -2.87. The van der Waals surface area contributed by atoms with Crippen LogP contribution < -0.4 is 5.32 Å². The van der Waals surface area contributed by atoms with Crippen LogP contribution in [0.1, 0.15) is 40.3 Å². The van der Waals surface area contributed by atoms with Crippen molar-refractivity contribution in [2.24, 2.45) is 0 Å². The fourth-order valence-electron chi connectivity index (χ4n) is 3.30. The number of aromatic nitrogens is 3. The lowest BCUT2D eigenvalue weighted by atomic mass is 10.2. The summed E-state index contributed by atoms with van der Waals surface area (Å²) in [5.41, 5.74) is 3.36. The van der Waals surface area contributed by atoms with Crippen LogP contribution in [0.15, 0.2) is 71.9 Å². The summed E-state index contributed by atoms with van der Waals surface area (Å²) in [6.07, 6.45) is 0. The Morgan fingerprint density at radius 1 is 1.03 bits per heavy atom. The lowest BCUT2D eigenvalue weighted by Gasteiger charge is -2.17. The molecular weight excluding hydrogens is 494 g/mol. The Morgan fingerprint density at radius 2 is 1.74 bits per heavy atom. The quantitative estimate of drug-likeness (QED) is 0.275. The summed E-state index contributed by atoms with van der Waals surface area (Å²) < 4.78 is 15.2. The van der Waals surface area contributed by atoms with E-state index >= 15 is 0 Å². The molecule has 1 heterocycles. The topological polar surface area (TPSA) is 59.8 Å². The van der Waals surface area contributed by atoms with Gasteiger partial charge in [-0.3, -0.25) is 9.36 Å². The zero-order chi connectivity index (χ0) is 24.2. The van der Waals surface area contributed by atoms with Gasteiger partial charge in [0.25, 0.3) is 5.91 Å². The maximum Gasteiger partial charge on any atom is 0.251 e. The van der Waals surface area contributed by atoms with Crippen molar-refractivity contribution in [3.8, 4) is 5.69 Å². The second kappa shape index (κ2) is 10.6. The standard InChI is InChI=1S/C25H21Cl2FN4OS/c1-15-3-10-20(11-4-15)32-23(16(2)29-24(33)18-7-12-21(26)22(27)13-18)30-31-25(32)34-14-17-5-8-19(28)9-6-17/h3-13,16H,14H2,1-2H3,(H,29,33). The van der Waals surface area contributed by atoms with Crippen molar-refractivity contribution in [3.05, 3.63) is 105 Å². The Bertz CT molecular complexity index is 1310. The molecule has 1 atom stereocenters. The third-order valence-corrected chi connectivity index (χ3v) is 6.89. The number of benzene rings is 3. The molecule has 0 saturated carbocycles. The van der Waals surface area contributed by atoms with Gasteiger partial charge in [-0.25, -0.2) is 4.39 Å². The number of hydrogen-bond donors (Lipinski definition) is 1. The fourth-order valence-corrected chi connectivity index (χ4v) is 4.51. The zero-order valence-electron chi connectivity index (χ0n) is 18.4. The molecule has 174 valence electrons. The molecule has 0 aliphatic carbocycles. The molecule has 0 aliphatic heterocycles. The van der Waals surface area contributed by atoms with Gasteiger partial charge in [-0.2, -0.15) is 0 Å². The van der Waals surface area contributed by atoms with E-state index in [1.165, 1.54) is 30.0 Å². The second-order valence-electron chi connectivity index (χ2n) is 7.75. The molecule has 1 N–H and O–H groups in total. The van der Waals surface area contributed by atoms with Crippen LogP contribution in [0.25, 0.3) is 5.69 Å². The van der Waals surface area contributed by atoms with Crippen LogP contribution in [0.5, 0.6) is 0 Å². The molecular formula is C25H21Cl2FN4OS. The molecule has 0 radical (unpaired) electrons. The molecule has 1 amide bonds. The first-order valence-electron chi connectivity index (χ1n) is 10.5. The molecule has 1 unspecified atom stereocenters. The van der Waals surface area contributed by atoms with Gasteiger partial charge >= 0.3 is 0 Å². The molecule has 0 bridgehead atoms. The van der Waals surface area contributed by atoms with E-state index in [-0.39, 0.29) is 11.7 Å². The van der Waals surface area contributed by atoms with E-state index in [4.69, 9.17) is 23.2 Å². The van der Waals surface area contributed by atoms with Crippen molar-refractivity contribution in [2.45, 2.75) is 30.8 Å². The lowest BCUT2D eigenvalue weighted by Crippen LogP contribution is -2.28. The van der Waals surface area contributed by atoms with Gasteiger partial charge in [-0.05, 0) is 61.9 Å². The molecule has 0 aliphatic rings. The van der Waals surface area contributed by atoms with Crippen LogP contribution in [0, 0.1) is 12.7 Å². The number of carbonyl (C=O) groups excluding carboxylic acids is 1. The Labute approximate surface area is 211 Å². The zero-order valence-corrected chi connectivity index (χ0v) is 20.8. The smallest absolute Gasteiger partial charge is 0.251 e. The maximum atomic E-state index is 13.2. The third-order valence-electron chi connectivity index (χ3n) is 5.15. The van der Waals surface area contributed by atoms with E-state index in [1.807, 2.05) is 42.7 Å². The molecule has 9 heteroatoms. The largest absolute Gasteiger partial charge is 0.342 e. The predicted molar refractivity (Wildman–Crippen MR) is 134 cm³/mol. The summed E-state index contributed by atoms with van der Waals surface area (Å²) in [4.78, 5) is 12.8. The average Bonchev–Trinajstić information content (AvgIpc) is 3.25. The number of carbonyl (C=O) groups is 1. The lowest BCUT2D eigenvalue weighted by molar-refractivity contribution is 0.0938. The first-order chi connectivity index (χ1) is 16.3. The third kappa shape index (κ3) is 5.60. The summed E-state index contributed by atoms with van der Waals surface area (Å²) in [5.74, 6) is 0.600. The van der Waals surface area contributed by atoms with Gasteiger partial charge in [0.05, 0.1) is 16.1 Å². The summed E-state index contributed by atoms with van der Waals surface area (Å²) >= 11 is 13.5. The normalized spacial score (nSPS) is 11.9. The summed E-state index contributed by atoms with van der Waals surface area (Å²) in [6.45, 7) is 3.86. The van der Waals surface area contributed by atoms with E-state index in [0.717, 1.165) is 16.8 Å². The predicted octanol–water partition coefficient (Wildman–Crippen LogP) is 6.80. The number of halogens is 3. The van der Waals surface area contributed by atoms with Crippen LogP contribution in [-0.4, -0.2) is 20.7 Å². The average molecular weight is 515 g/mol. The van der Waals surface area contributed by atoms with Crippen molar-refractivity contribution in [1.29, 1.82) is 0 Å². The summed E-state index contributed by atoms with van der Waals surface area (Å²) in [7, 11) is 0. The number of thioether (sulfide) groups is 1. The first-order valence-corrected chi connectivity index (χ1v) is 12.2. The van der Waals surface area contributed by atoms with Crippen LogP contribution in [0.4, 0.5) is 4.39 Å². The Kier molecular flexibility index (Phi) is 7.56. The number of nitrogens with zero attached hydrogens (tertiary/aromatic N) is 3. The molecule has 4 aromatic rings. The molecule has 0 spiro atoms. The minimum absolute atomic E-state index is 0.273. The van der Waals surface area contributed by atoms with Gasteiger partial charge in [0.2, 0.25) is 0 Å². The fraction of sp³-hybridized carbons (Fsp3) is 0.160. The van der Waals surface area contributed by atoms with Crippen molar-refractivity contribution >= 4 is 40.9 Å². The minimum Gasteiger partial charge on any atom is -0.342 e. The van der Waals surface area contributed by atoms with Gasteiger partial charge < -0.3 is 5.32 Å². The van der Waals surface area contributed by atoms with E-state index in [2.05, 4.69) is 15.5 Å². The monoisotopic (exact) mass is 514 g/mol. The van der Waals surface area contributed by atoms with E-state index in [9.17, 15) is 9.18 Å². The molecule has 4 rings (SSSR count). The molecule has 3 aromatic carbocycles.